The minimum atomic E-state index is -2.38. The molecule has 0 aromatic rings. The third-order valence-corrected chi connectivity index (χ3v) is 6.15. The summed E-state index contributed by atoms with van der Waals surface area (Å²) in [5, 5.41) is 27.8. The van der Waals surface area contributed by atoms with Crippen molar-refractivity contribution in [2.45, 2.75) is 12.5 Å². The number of aliphatic hydroxyl groups excluding tert-OH is 3. The van der Waals surface area contributed by atoms with E-state index in [0.717, 1.165) is 6.42 Å². The summed E-state index contributed by atoms with van der Waals surface area (Å²) < 4.78 is 5.26. The molecule has 0 aromatic carbocycles. The lowest BCUT2D eigenvalue weighted by Gasteiger charge is -2.27. The zero-order valence-corrected chi connectivity index (χ0v) is 12.7. The van der Waals surface area contributed by atoms with Gasteiger partial charge in [-0.1, -0.05) is 0 Å². The van der Waals surface area contributed by atoms with Crippen molar-refractivity contribution in [3.63, 3.8) is 0 Å². The van der Waals surface area contributed by atoms with Gasteiger partial charge in [-0.2, -0.15) is 0 Å². The maximum Gasteiger partial charge on any atom is 0.242 e. The number of aliphatic hydroxyl groups is 3. The van der Waals surface area contributed by atoms with Crippen molar-refractivity contribution >= 4 is 8.32 Å². The normalized spacial score (nSPS) is 10.9. The highest BCUT2D eigenvalue weighted by atomic mass is 35.5. The average Bonchev–Trinajstić information content (AvgIpc) is 2.34. The van der Waals surface area contributed by atoms with Crippen LogP contribution in [0.4, 0.5) is 0 Å². The molecule has 6 nitrogen and oxygen atoms in total. The van der Waals surface area contributed by atoms with E-state index in [1.807, 2.05) is 0 Å². The van der Waals surface area contributed by atoms with E-state index in [2.05, 4.69) is 12.3 Å². The van der Waals surface area contributed by atoms with Crippen LogP contribution in [0.15, 0.2) is 12.5 Å². The Morgan fingerprint density at radius 3 is 2.22 bits per heavy atom. The van der Waals surface area contributed by atoms with Crippen molar-refractivity contribution in [1.82, 2.24) is 4.90 Å². The monoisotopic (exact) mass is 300 g/mol. The minimum Gasteiger partial charge on any atom is -1.00 e. The Balaban J connectivity index is 0. The number of halogens is 1. The second-order valence-electron chi connectivity index (χ2n) is 4.06. The van der Waals surface area contributed by atoms with Gasteiger partial charge in [0.1, 0.15) is 0 Å². The van der Waals surface area contributed by atoms with Crippen LogP contribution in [0, 0.1) is 0 Å². The third-order valence-electron chi connectivity index (χ3n) is 2.86. The Bertz CT molecular complexity index is 222. The van der Waals surface area contributed by atoms with Gasteiger partial charge >= 0.3 is 0 Å². The molecule has 6 N–H and O–H groups in total. The second-order valence-corrected chi connectivity index (χ2v) is 7.97. The Kier molecular flexibility index (Phi) is 11.8. The zero-order chi connectivity index (χ0) is 13.3. The van der Waals surface area contributed by atoms with Crippen LogP contribution in [0.5, 0.6) is 0 Å². The molecule has 110 valence electrons. The van der Waals surface area contributed by atoms with Crippen molar-refractivity contribution in [1.29, 1.82) is 0 Å². The Morgan fingerprint density at radius 2 is 1.89 bits per heavy atom. The van der Waals surface area contributed by atoms with Gasteiger partial charge in [-0.15, -0.1) is 0 Å². The molecule has 0 amide bonds. The fourth-order valence-electron chi connectivity index (χ4n) is 1.59. The molecule has 0 aromatic heterocycles. The third kappa shape index (κ3) is 6.57. The highest BCUT2D eigenvalue weighted by Gasteiger charge is 2.32. The number of hydrogen-bond acceptors (Lipinski definition) is 5. The van der Waals surface area contributed by atoms with E-state index in [9.17, 15) is 15.3 Å². The molecule has 0 aliphatic heterocycles. The molecule has 0 fully saturated rings. The van der Waals surface area contributed by atoms with Crippen molar-refractivity contribution in [3.05, 3.63) is 12.5 Å². The van der Waals surface area contributed by atoms with Crippen LogP contribution in [0.1, 0.15) is 6.42 Å². The molecular weight excluding hydrogens is 276 g/mol. The maximum absolute atomic E-state index is 9.33. The second kappa shape index (κ2) is 10.6. The molecule has 8 heteroatoms. The van der Waals surface area contributed by atoms with E-state index in [1.165, 1.54) is 7.11 Å². The summed E-state index contributed by atoms with van der Waals surface area (Å²) in [5.74, 6) is 0.0336. The Hall–Kier alpha value is -0.313. The summed E-state index contributed by atoms with van der Waals surface area (Å²) in [5.41, 5.74) is 3.72. The fourth-order valence-corrected chi connectivity index (χ4v) is 3.27. The number of rotatable bonds is 10. The first-order valence-corrected chi connectivity index (χ1v) is 8.27. The van der Waals surface area contributed by atoms with Gasteiger partial charge in [-0.25, -0.2) is 0 Å². The lowest BCUT2D eigenvalue weighted by atomic mass is 10.4. The van der Waals surface area contributed by atoms with Crippen molar-refractivity contribution in [2.75, 3.05) is 39.2 Å². The highest BCUT2D eigenvalue weighted by Crippen LogP contribution is 2.13. The van der Waals surface area contributed by atoms with Crippen LogP contribution in [-0.4, -0.2) is 67.7 Å². The maximum atomic E-state index is 9.33. The van der Waals surface area contributed by atoms with Gasteiger partial charge in [0.25, 0.3) is 0 Å². The molecule has 0 unspecified atom stereocenters. The van der Waals surface area contributed by atoms with E-state index >= 15 is 0 Å². The van der Waals surface area contributed by atoms with Gasteiger partial charge in [0.05, 0.1) is 25.5 Å². The molecule has 0 heterocycles. The standard InChI is InChI=1S/C10H24N2O4Si.ClH/c1-10(15)12(6-4-11)5-3-7-17(8-13,9-14)16-2;/h13-15H,1,3-9,11H2,2H3;1H. The van der Waals surface area contributed by atoms with E-state index in [-0.39, 0.29) is 30.8 Å². The predicted octanol–water partition coefficient (Wildman–Crippen LogP) is -4.39. The SMILES string of the molecule is C=C(O)N(CC[NH3+])CCC[Si](CO)(CO)OC.[Cl-]. The largest absolute Gasteiger partial charge is 1.00 e. The smallest absolute Gasteiger partial charge is 0.242 e. The first kappa shape index (κ1) is 20.0. The van der Waals surface area contributed by atoms with Gasteiger partial charge in [-0.05, 0) is 19.0 Å². The first-order chi connectivity index (χ1) is 8.05. The topological polar surface area (TPSA) is 101 Å². The average molecular weight is 301 g/mol. The van der Waals surface area contributed by atoms with Gasteiger partial charge in [0, 0.05) is 13.7 Å². The van der Waals surface area contributed by atoms with Crippen LogP contribution in [0.3, 0.4) is 0 Å². The van der Waals surface area contributed by atoms with E-state index in [0.29, 0.717) is 25.7 Å². The van der Waals surface area contributed by atoms with Crippen molar-refractivity contribution in [2.24, 2.45) is 0 Å². The molecular formula is C10H25ClN2O4Si. The predicted molar refractivity (Wildman–Crippen MR) is 67.5 cm³/mol. The van der Waals surface area contributed by atoms with Crippen LogP contribution >= 0.6 is 0 Å². The quantitative estimate of drug-likeness (QED) is 0.241. The molecule has 0 bridgehead atoms. The van der Waals surface area contributed by atoms with E-state index < -0.39 is 8.32 Å². The fraction of sp³-hybridized carbons (Fsp3) is 0.800. The molecule has 0 spiro atoms. The number of hydrogen-bond donors (Lipinski definition) is 4. The number of quaternary nitrogens is 1. The van der Waals surface area contributed by atoms with Crippen molar-refractivity contribution < 1.29 is 37.9 Å². The van der Waals surface area contributed by atoms with Gasteiger partial charge in [-0.3, -0.25) is 0 Å². The summed E-state index contributed by atoms with van der Waals surface area (Å²) in [6.07, 6.45) is 0.561. The minimum absolute atomic E-state index is 0. The summed E-state index contributed by atoms with van der Waals surface area (Å²) in [4.78, 5) is 1.73. The highest BCUT2D eigenvalue weighted by molar-refractivity contribution is 6.73. The molecule has 0 aliphatic rings. The van der Waals surface area contributed by atoms with Gasteiger partial charge in [0.2, 0.25) is 8.32 Å². The Labute approximate surface area is 116 Å². The van der Waals surface area contributed by atoms with Gasteiger partial charge < -0.3 is 42.8 Å². The molecule has 0 aliphatic carbocycles. The molecule has 0 saturated carbocycles. The van der Waals surface area contributed by atoms with Gasteiger partial charge in [0.15, 0.2) is 5.88 Å². The molecule has 0 rings (SSSR count). The zero-order valence-electron chi connectivity index (χ0n) is 10.9. The van der Waals surface area contributed by atoms with Crippen molar-refractivity contribution in [3.8, 4) is 0 Å². The van der Waals surface area contributed by atoms with Crippen LogP contribution in [-0.2, 0) is 4.43 Å². The van der Waals surface area contributed by atoms with E-state index in [4.69, 9.17) is 4.43 Å². The molecule has 0 radical (unpaired) electrons. The van der Waals surface area contributed by atoms with E-state index in [1.54, 1.807) is 4.90 Å². The number of nitrogens with zero attached hydrogens (tertiary/aromatic N) is 1. The molecule has 18 heavy (non-hydrogen) atoms. The summed E-state index contributed by atoms with van der Waals surface area (Å²) >= 11 is 0. The molecule has 0 saturated heterocycles. The van der Waals surface area contributed by atoms with Crippen LogP contribution in [0.25, 0.3) is 0 Å². The summed E-state index contributed by atoms with van der Waals surface area (Å²) in [7, 11) is -0.859. The first-order valence-electron chi connectivity index (χ1n) is 5.74. The lowest BCUT2D eigenvalue weighted by Crippen LogP contribution is -3.00. The van der Waals surface area contributed by atoms with Crippen LogP contribution in [0.2, 0.25) is 6.04 Å². The molecule has 0 atom stereocenters. The van der Waals surface area contributed by atoms with Crippen LogP contribution < -0.4 is 18.1 Å². The Morgan fingerprint density at radius 1 is 1.33 bits per heavy atom. The summed E-state index contributed by atoms with van der Waals surface area (Å²) in [6, 6.07) is 0.650. The summed E-state index contributed by atoms with van der Waals surface area (Å²) in [6.45, 7) is 5.45. The lowest BCUT2D eigenvalue weighted by molar-refractivity contribution is -0.368.